The van der Waals surface area contributed by atoms with Gasteiger partial charge >= 0.3 is 0 Å². The molecule has 3 unspecified atom stereocenters. The van der Waals surface area contributed by atoms with Crippen LogP contribution >= 0.6 is 0 Å². The Labute approximate surface area is 101 Å². The minimum Gasteiger partial charge on any atom is -0.383 e. The summed E-state index contributed by atoms with van der Waals surface area (Å²) in [4.78, 5) is 2.60. The van der Waals surface area contributed by atoms with Crippen molar-refractivity contribution in [2.75, 3.05) is 27.3 Å². The van der Waals surface area contributed by atoms with E-state index >= 15 is 0 Å². The van der Waals surface area contributed by atoms with E-state index in [9.17, 15) is 0 Å². The van der Waals surface area contributed by atoms with Gasteiger partial charge in [-0.25, -0.2) is 0 Å². The van der Waals surface area contributed by atoms with Crippen LogP contribution in [0.25, 0.3) is 0 Å². The molecule has 0 radical (unpaired) electrons. The molecule has 0 amide bonds. The topological polar surface area (TPSA) is 24.5 Å². The molecule has 1 aliphatic rings. The molecular weight excluding hydrogens is 200 g/mol. The number of hydrogen-bond acceptors (Lipinski definition) is 3. The lowest BCUT2D eigenvalue weighted by atomic mass is 10.1. The first-order valence-corrected chi connectivity index (χ1v) is 6.53. The van der Waals surface area contributed by atoms with Crippen molar-refractivity contribution in [3.05, 3.63) is 0 Å². The smallest absolute Gasteiger partial charge is 0.0589 e. The third-order valence-electron chi connectivity index (χ3n) is 4.08. The lowest BCUT2D eigenvalue weighted by Gasteiger charge is -2.37. The predicted molar refractivity (Wildman–Crippen MR) is 68.8 cm³/mol. The SMILES string of the molecule is CNC(C)C(C)N(CCOC)C(C)C1CC1. The summed E-state index contributed by atoms with van der Waals surface area (Å²) in [6, 6.07) is 1.79. The van der Waals surface area contributed by atoms with Gasteiger partial charge in [0.1, 0.15) is 0 Å². The molecule has 3 atom stereocenters. The third kappa shape index (κ3) is 3.72. The molecule has 3 heteroatoms. The molecule has 1 fully saturated rings. The number of rotatable bonds is 8. The summed E-state index contributed by atoms with van der Waals surface area (Å²) in [7, 11) is 3.82. The minimum atomic E-state index is 0.526. The second-order valence-corrected chi connectivity index (χ2v) is 5.13. The van der Waals surface area contributed by atoms with Crippen molar-refractivity contribution in [1.82, 2.24) is 10.2 Å². The molecule has 0 aliphatic heterocycles. The van der Waals surface area contributed by atoms with Crippen LogP contribution < -0.4 is 5.32 Å². The van der Waals surface area contributed by atoms with E-state index in [-0.39, 0.29) is 0 Å². The first kappa shape index (κ1) is 13.9. The maximum Gasteiger partial charge on any atom is 0.0589 e. The Morgan fingerprint density at radius 1 is 1.31 bits per heavy atom. The van der Waals surface area contributed by atoms with Crippen molar-refractivity contribution >= 4 is 0 Å². The molecule has 1 saturated carbocycles. The fourth-order valence-electron chi connectivity index (χ4n) is 2.35. The van der Waals surface area contributed by atoms with E-state index in [1.807, 2.05) is 7.05 Å². The fraction of sp³-hybridized carbons (Fsp3) is 1.00. The zero-order chi connectivity index (χ0) is 12.1. The number of ether oxygens (including phenoxy) is 1. The molecular formula is C13H28N2O. The number of nitrogens with one attached hydrogen (secondary N) is 1. The average Bonchev–Trinajstić information content (AvgIpc) is 3.11. The van der Waals surface area contributed by atoms with Crippen LogP contribution in [0.4, 0.5) is 0 Å². The number of hydrogen-bond donors (Lipinski definition) is 1. The highest BCUT2D eigenvalue weighted by Gasteiger charge is 2.34. The van der Waals surface area contributed by atoms with E-state index in [1.54, 1.807) is 7.11 Å². The summed E-state index contributed by atoms with van der Waals surface area (Å²) in [5, 5.41) is 3.35. The molecule has 0 spiro atoms. The predicted octanol–water partition coefficient (Wildman–Crippen LogP) is 1.73. The van der Waals surface area contributed by atoms with Crippen LogP contribution in [0.3, 0.4) is 0 Å². The Kier molecular flexibility index (Phi) is 5.73. The van der Waals surface area contributed by atoms with Crippen molar-refractivity contribution in [3.63, 3.8) is 0 Å². The van der Waals surface area contributed by atoms with Crippen LogP contribution in [-0.4, -0.2) is 50.3 Å². The molecule has 0 aromatic heterocycles. The van der Waals surface area contributed by atoms with E-state index in [1.165, 1.54) is 12.8 Å². The fourth-order valence-corrected chi connectivity index (χ4v) is 2.35. The van der Waals surface area contributed by atoms with Gasteiger partial charge in [-0.15, -0.1) is 0 Å². The quantitative estimate of drug-likeness (QED) is 0.685. The molecule has 3 nitrogen and oxygen atoms in total. The number of methoxy groups -OCH3 is 1. The number of nitrogens with zero attached hydrogens (tertiary/aromatic N) is 1. The molecule has 1 N–H and O–H groups in total. The van der Waals surface area contributed by atoms with Crippen LogP contribution in [0.1, 0.15) is 33.6 Å². The standard InChI is InChI=1S/C13H28N2O/c1-10(14-4)11(2)15(8-9-16-5)12(3)13-6-7-13/h10-14H,6-9H2,1-5H3. The highest BCUT2D eigenvalue weighted by atomic mass is 16.5. The second kappa shape index (κ2) is 6.58. The molecule has 1 rings (SSSR count). The molecule has 0 saturated heterocycles. The Balaban J connectivity index is 2.53. The van der Waals surface area contributed by atoms with Crippen molar-refractivity contribution in [2.24, 2.45) is 5.92 Å². The Bertz CT molecular complexity index is 194. The first-order chi connectivity index (χ1) is 7.61. The van der Waals surface area contributed by atoms with Gasteiger partial charge in [0.25, 0.3) is 0 Å². The Morgan fingerprint density at radius 3 is 2.38 bits per heavy atom. The van der Waals surface area contributed by atoms with Gasteiger partial charge in [0.05, 0.1) is 6.61 Å². The van der Waals surface area contributed by atoms with Gasteiger partial charge in [-0.1, -0.05) is 0 Å². The van der Waals surface area contributed by atoms with Gasteiger partial charge < -0.3 is 10.1 Å². The van der Waals surface area contributed by atoms with Crippen LogP contribution in [-0.2, 0) is 4.74 Å². The Morgan fingerprint density at radius 2 is 1.94 bits per heavy atom. The lowest BCUT2D eigenvalue weighted by molar-refractivity contribution is 0.0752. The van der Waals surface area contributed by atoms with Gasteiger partial charge in [0.2, 0.25) is 0 Å². The summed E-state index contributed by atoms with van der Waals surface area (Å²) in [5.41, 5.74) is 0. The maximum atomic E-state index is 5.22. The molecule has 0 aromatic carbocycles. The van der Waals surface area contributed by atoms with Crippen molar-refractivity contribution < 1.29 is 4.74 Å². The average molecular weight is 228 g/mol. The summed E-state index contributed by atoms with van der Waals surface area (Å²) in [5.74, 6) is 0.920. The highest BCUT2D eigenvalue weighted by Crippen LogP contribution is 2.35. The molecule has 0 bridgehead atoms. The molecule has 96 valence electrons. The van der Waals surface area contributed by atoms with Gasteiger partial charge in [-0.3, -0.25) is 4.90 Å². The van der Waals surface area contributed by atoms with Crippen molar-refractivity contribution in [2.45, 2.75) is 51.7 Å². The molecule has 0 aromatic rings. The number of likely N-dealkylation sites (N-methyl/N-ethyl adjacent to an activating group) is 1. The maximum absolute atomic E-state index is 5.22. The van der Waals surface area contributed by atoms with Gasteiger partial charge in [0, 0.05) is 31.8 Å². The van der Waals surface area contributed by atoms with Gasteiger partial charge in [-0.2, -0.15) is 0 Å². The second-order valence-electron chi connectivity index (χ2n) is 5.13. The monoisotopic (exact) mass is 228 g/mol. The Hall–Kier alpha value is -0.120. The van der Waals surface area contributed by atoms with E-state index in [0.29, 0.717) is 18.1 Å². The van der Waals surface area contributed by atoms with Gasteiger partial charge in [0.15, 0.2) is 0 Å². The molecule has 0 heterocycles. The largest absolute Gasteiger partial charge is 0.383 e. The van der Waals surface area contributed by atoms with Crippen LogP contribution in [0, 0.1) is 5.92 Å². The summed E-state index contributed by atoms with van der Waals surface area (Å²) in [6.07, 6.45) is 2.82. The van der Waals surface area contributed by atoms with Crippen molar-refractivity contribution in [1.29, 1.82) is 0 Å². The van der Waals surface area contributed by atoms with E-state index in [0.717, 1.165) is 19.1 Å². The summed E-state index contributed by atoms with van der Waals surface area (Å²) in [6.45, 7) is 8.81. The lowest BCUT2D eigenvalue weighted by Crippen LogP contribution is -2.51. The normalized spacial score (nSPS) is 22.1. The van der Waals surface area contributed by atoms with E-state index in [4.69, 9.17) is 4.74 Å². The van der Waals surface area contributed by atoms with Gasteiger partial charge in [-0.05, 0) is 46.6 Å². The van der Waals surface area contributed by atoms with Crippen molar-refractivity contribution in [3.8, 4) is 0 Å². The first-order valence-electron chi connectivity index (χ1n) is 6.53. The minimum absolute atomic E-state index is 0.526. The zero-order valence-corrected chi connectivity index (χ0v) is 11.5. The summed E-state index contributed by atoms with van der Waals surface area (Å²) >= 11 is 0. The molecule has 1 aliphatic carbocycles. The van der Waals surface area contributed by atoms with Crippen LogP contribution in [0.2, 0.25) is 0 Å². The van der Waals surface area contributed by atoms with E-state index in [2.05, 4.69) is 31.0 Å². The van der Waals surface area contributed by atoms with Crippen LogP contribution in [0.15, 0.2) is 0 Å². The highest BCUT2D eigenvalue weighted by molar-refractivity contribution is 4.89. The van der Waals surface area contributed by atoms with Crippen LogP contribution in [0.5, 0.6) is 0 Å². The summed E-state index contributed by atoms with van der Waals surface area (Å²) < 4.78 is 5.22. The zero-order valence-electron chi connectivity index (χ0n) is 11.5. The molecule has 16 heavy (non-hydrogen) atoms. The van der Waals surface area contributed by atoms with E-state index < -0.39 is 0 Å². The third-order valence-corrected chi connectivity index (χ3v) is 4.08.